The molecule has 2 N–H and O–H groups in total. The Morgan fingerprint density at radius 1 is 1.29 bits per heavy atom. The second-order valence-corrected chi connectivity index (χ2v) is 5.52. The molecule has 0 saturated heterocycles. The molecule has 0 radical (unpaired) electrons. The molecule has 1 unspecified atom stereocenters. The summed E-state index contributed by atoms with van der Waals surface area (Å²) >= 11 is 0. The highest BCUT2D eigenvalue weighted by Crippen LogP contribution is 2.25. The number of aryl methyl sites for hydroxylation is 1. The Kier molecular flexibility index (Phi) is 5.51. The Morgan fingerprint density at radius 2 is 2.10 bits per heavy atom. The van der Waals surface area contributed by atoms with Crippen LogP contribution in [-0.4, -0.2) is 23.2 Å². The molecule has 0 aliphatic rings. The van der Waals surface area contributed by atoms with Crippen molar-refractivity contribution in [1.82, 2.24) is 4.98 Å². The molecule has 114 valence electrons. The van der Waals surface area contributed by atoms with E-state index in [1.165, 1.54) is 12.1 Å². The predicted molar refractivity (Wildman–Crippen MR) is 85.0 cm³/mol. The summed E-state index contributed by atoms with van der Waals surface area (Å²) in [7, 11) is 0. The van der Waals surface area contributed by atoms with Crippen LogP contribution in [0, 0.1) is 18.7 Å². The molecular formula is C17H23FN2O. The van der Waals surface area contributed by atoms with Gasteiger partial charge in [0.15, 0.2) is 0 Å². The molecule has 2 rings (SSSR count). The lowest BCUT2D eigenvalue weighted by molar-refractivity contribution is 0.255. The molecule has 0 aliphatic heterocycles. The fraction of sp³-hybridized carbons (Fsp3) is 0.471. The number of aliphatic hydroxyl groups excluding tert-OH is 1. The van der Waals surface area contributed by atoms with E-state index in [1.807, 2.05) is 13.0 Å². The van der Waals surface area contributed by atoms with E-state index in [4.69, 9.17) is 5.11 Å². The topological polar surface area (TPSA) is 45.1 Å². The fourth-order valence-corrected chi connectivity index (χ4v) is 2.67. The maximum Gasteiger partial charge on any atom is 0.124 e. The van der Waals surface area contributed by atoms with E-state index in [2.05, 4.69) is 17.2 Å². The Labute approximate surface area is 125 Å². The van der Waals surface area contributed by atoms with Crippen molar-refractivity contribution in [3.05, 3.63) is 35.8 Å². The molecule has 0 spiro atoms. The van der Waals surface area contributed by atoms with Crippen molar-refractivity contribution in [2.45, 2.75) is 33.1 Å². The molecule has 4 heteroatoms. The molecule has 2 aromatic rings. The molecule has 3 nitrogen and oxygen atoms in total. The van der Waals surface area contributed by atoms with Crippen LogP contribution in [-0.2, 0) is 0 Å². The van der Waals surface area contributed by atoms with Gasteiger partial charge in [0.2, 0.25) is 0 Å². The fourth-order valence-electron chi connectivity index (χ4n) is 2.67. The Morgan fingerprint density at radius 3 is 2.81 bits per heavy atom. The number of aliphatic hydroxyl groups is 1. The molecule has 1 heterocycles. The van der Waals surface area contributed by atoms with Gasteiger partial charge in [-0.2, -0.15) is 0 Å². The first kappa shape index (κ1) is 15.7. The van der Waals surface area contributed by atoms with Gasteiger partial charge < -0.3 is 10.4 Å². The van der Waals surface area contributed by atoms with E-state index in [0.29, 0.717) is 5.92 Å². The van der Waals surface area contributed by atoms with Crippen LogP contribution in [0.4, 0.5) is 10.1 Å². The number of rotatable bonds is 7. The summed E-state index contributed by atoms with van der Waals surface area (Å²) < 4.78 is 13.5. The quantitative estimate of drug-likeness (QED) is 0.813. The van der Waals surface area contributed by atoms with Crippen LogP contribution in [0.3, 0.4) is 0 Å². The van der Waals surface area contributed by atoms with Crippen LogP contribution in [0.1, 0.15) is 31.9 Å². The summed E-state index contributed by atoms with van der Waals surface area (Å²) in [6.45, 7) is 5.07. The third-order valence-electron chi connectivity index (χ3n) is 3.71. The van der Waals surface area contributed by atoms with E-state index in [0.717, 1.165) is 48.1 Å². The lowest BCUT2D eigenvalue weighted by Gasteiger charge is -2.18. The van der Waals surface area contributed by atoms with Crippen molar-refractivity contribution in [1.29, 1.82) is 0 Å². The Hall–Kier alpha value is -1.68. The van der Waals surface area contributed by atoms with Gasteiger partial charge in [0.05, 0.1) is 5.52 Å². The van der Waals surface area contributed by atoms with Crippen LogP contribution >= 0.6 is 0 Å². The van der Waals surface area contributed by atoms with Gasteiger partial charge in [-0.25, -0.2) is 4.39 Å². The molecule has 1 aromatic carbocycles. The van der Waals surface area contributed by atoms with E-state index < -0.39 is 0 Å². The highest BCUT2D eigenvalue weighted by molar-refractivity contribution is 5.91. The second-order valence-electron chi connectivity index (χ2n) is 5.52. The van der Waals surface area contributed by atoms with Gasteiger partial charge in [-0.3, -0.25) is 4.98 Å². The minimum absolute atomic E-state index is 0.205. The van der Waals surface area contributed by atoms with Crippen LogP contribution in [0.25, 0.3) is 10.9 Å². The first-order valence-electron chi connectivity index (χ1n) is 7.55. The Bertz CT molecular complexity index is 595. The number of hydrogen-bond acceptors (Lipinski definition) is 3. The van der Waals surface area contributed by atoms with Crippen LogP contribution < -0.4 is 5.32 Å². The second kappa shape index (κ2) is 7.36. The minimum atomic E-state index is -0.253. The highest BCUT2D eigenvalue weighted by Gasteiger charge is 2.10. The maximum atomic E-state index is 13.5. The number of benzene rings is 1. The molecule has 0 amide bonds. The van der Waals surface area contributed by atoms with E-state index in [-0.39, 0.29) is 12.4 Å². The average Bonchev–Trinajstić information content (AvgIpc) is 2.45. The zero-order valence-electron chi connectivity index (χ0n) is 12.7. The molecule has 0 saturated carbocycles. The van der Waals surface area contributed by atoms with Crippen molar-refractivity contribution < 1.29 is 9.50 Å². The van der Waals surface area contributed by atoms with Gasteiger partial charge in [-0.15, -0.1) is 0 Å². The number of fused-ring (bicyclic) bond motifs is 1. The smallest absolute Gasteiger partial charge is 0.124 e. The molecule has 0 fully saturated rings. The molecule has 0 aliphatic carbocycles. The first-order chi connectivity index (χ1) is 10.1. The van der Waals surface area contributed by atoms with Crippen molar-refractivity contribution in [3.8, 4) is 0 Å². The van der Waals surface area contributed by atoms with Gasteiger partial charge in [0.25, 0.3) is 0 Å². The third kappa shape index (κ3) is 4.14. The molecule has 0 bridgehead atoms. The zero-order chi connectivity index (χ0) is 15.2. The van der Waals surface area contributed by atoms with Crippen molar-refractivity contribution >= 4 is 16.6 Å². The summed E-state index contributed by atoms with van der Waals surface area (Å²) in [4.78, 5) is 4.43. The van der Waals surface area contributed by atoms with Gasteiger partial charge >= 0.3 is 0 Å². The standard InChI is InChI=1S/C17H23FN2O/c1-3-4-13(7-8-21)11-19-17-9-12(2)20-16-6-5-14(18)10-15(16)17/h5-6,9-10,13,21H,3-4,7-8,11H2,1-2H3,(H,19,20). The lowest BCUT2D eigenvalue weighted by Crippen LogP contribution is -2.16. The maximum absolute atomic E-state index is 13.5. The number of nitrogens with zero attached hydrogens (tertiary/aromatic N) is 1. The number of nitrogens with one attached hydrogen (secondary N) is 1. The monoisotopic (exact) mass is 290 g/mol. The molecule has 1 aromatic heterocycles. The van der Waals surface area contributed by atoms with Crippen LogP contribution in [0.5, 0.6) is 0 Å². The summed E-state index contributed by atoms with van der Waals surface area (Å²) in [5.74, 6) is 0.175. The van der Waals surface area contributed by atoms with Crippen molar-refractivity contribution in [3.63, 3.8) is 0 Å². The first-order valence-corrected chi connectivity index (χ1v) is 7.55. The van der Waals surface area contributed by atoms with Crippen molar-refractivity contribution in [2.75, 3.05) is 18.5 Å². The molecule has 21 heavy (non-hydrogen) atoms. The number of halogens is 1. The van der Waals surface area contributed by atoms with Crippen molar-refractivity contribution in [2.24, 2.45) is 5.92 Å². The summed E-state index contributed by atoms with van der Waals surface area (Å²) in [5, 5.41) is 13.3. The average molecular weight is 290 g/mol. The zero-order valence-corrected chi connectivity index (χ0v) is 12.7. The van der Waals surface area contributed by atoms with E-state index in [1.54, 1.807) is 6.07 Å². The predicted octanol–water partition coefficient (Wildman–Crippen LogP) is 3.89. The molecular weight excluding hydrogens is 267 g/mol. The SMILES string of the molecule is CCCC(CCO)CNc1cc(C)nc2ccc(F)cc12. The minimum Gasteiger partial charge on any atom is -0.396 e. The highest BCUT2D eigenvalue weighted by atomic mass is 19.1. The van der Waals surface area contributed by atoms with Crippen LogP contribution in [0.15, 0.2) is 24.3 Å². The van der Waals surface area contributed by atoms with E-state index >= 15 is 0 Å². The van der Waals surface area contributed by atoms with Crippen LogP contribution in [0.2, 0.25) is 0 Å². The summed E-state index contributed by atoms with van der Waals surface area (Å²) in [5.41, 5.74) is 2.62. The normalized spacial score (nSPS) is 12.6. The lowest BCUT2D eigenvalue weighted by atomic mass is 10.00. The Balaban J connectivity index is 2.22. The van der Waals surface area contributed by atoms with Gasteiger partial charge in [-0.1, -0.05) is 13.3 Å². The van der Waals surface area contributed by atoms with Gasteiger partial charge in [0.1, 0.15) is 5.82 Å². The number of anilines is 1. The largest absolute Gasteiger partial charge is 0.396 e. The molecule has 1 atom stereocenters. The number of aromatic nitrogens is 1. The third-order valence-corrected chi connectivity index (χ3v) is 3.71. The summed E-state index contributed by atoms with van der Waals surface area (Å²) in [6.07, 6.45) is 2.96. The number of hydrogen-bond donors (Lipinski definition) is 2. The van der Waals surface area contributed by atoms with Gasteiger partial charge in [-0.05, 0) is 49.9 Å². The van der Waals surface area contributed by atoms with E-state index in [9.17, 15) is 4.39 Å². The number of pyridine rings is 1. The van der Waals surface area contributed by atoms with Gasteiger partial charge in [0, 0.05) is 29.9 Å². The summed E-state index contributed by atoms with van der Waals surface area (Å²) in [6, 6.07) is 6.61.